The molecule has 1 N–H and O–H groups in total. The number of carbonyl (C=O) groups excluding carboxylic acids is 1. The van der Waals surface area contributed by atoms with Gasteiger partial charge in [-0.2, -0.15) is 0 Å². The zero-order valence-corrected chi connectivity index (χ0v) is 14.2. The molecule has 1 rings (SSSR count). The fraction of sp³-hybridized carbons (Fsp3) is 0.500. The highest BCUT2D eigenvalue weighted by Gasteiger charge is 2.24. The lowest BCUT2D eigenvalue weighted by atomic mass is 9.94. The van der Waals surface area contributed by atoms with Gasteiger partial charge in [-0.05, 0) is 50.5 Å². The highest BCUT2D eigenvalue weighted by Crippen LogP contribution is 2.19. The average molecular weight is 377 g/mol. The van der Waals surface area contributed by atoms with Crippen molar-refractivity contribution in [2.75, 3.05) is 5.33 Å². The lowest BCUT2D eigenvalue weighted by Gasteiger charge is -2.29. The van der Waals surface area contributed by atoms with Gasteiger partial charge in [-0.3, -0.25) is 4.79 Å². The summed E-state index contributed by atoms with van der Waals surface area (Å²) in [5.41, 5.74) is 1.58. The van der Waals surface area contributed by atoms with E-state index >= 15 is 0 Å². The summed E-state index contributed by atoms with van der Waals surface area (Å²) in [7, 11) is 0. The van der Waals surface area contributed by atoms with Crippen LogP contribution < -0.4 is 5.32 Å². The van der Waals surface area contributed by atoms with Gasteiger partial charge >= 0.3 is 0 Å². The van der Waals surface area contributed by atoms with Crippen molar-refractivity contribution in [1.29, 1.82) is 0 Å². The van der Waals surface area contributed by atoms with Crippen molar-refractivity contribution in [1.82, 2.24) is 5.32 Å². The van der Waals surface area contributed by atoms with E-state index in [0.717, 1.165) is 33.8 Å². The van der Waals surface area contributed by atoms with Crippen molar-refractivity contribution < 1.29 is 4.79 Å². The largest absolute Gasteiger partial charge is 0.347 e. The second kappa shape index (κ2) is 6.71. The van der Waals surface area contributed by atoms with Gasteiger partial charge in [0.2, 0.25) is 0 Å². The van der Waals surface area contributed by atoms with Gasteiger partial charge < -0.3 is 5.32 Å². The predicted octanol–water partition coefficient (Wildman–Crippen LogP) is 4.44. The van der Waals surface area contributed by atoms with E-state index in [-0.39, 0.29) is 11.4 Å². The molecule has 0 radical (unpaired) electrons. The Hall–Kier alpha value is -0.350. The maximum atomic E-state index is 12.3. The van der Waals surface area contributed by atoms with Gasteiger partial charge in [-0.25, -0.2) is 0 Å². The number of amides is 1. The fourth-order valence-corrected chi connectivity index (χ4v) is 3.11. The fourth-order valence-electron chi connectivity index (χ4n) is 1.76. The van der Waals surface area contributed by atoms with Gasteiger partial charge in [0, 0.05) is 20.9 Å². The Morgan fingerprint density at radius 2 is 2.11 bits per heavy atom. The summed E-state index contributed by atoms with van der Waals surface area (Å²) in [5, 5.41) is 4.02. The Labute approximate surface area is 126 Å². The van der Waals surface area contributed by atoms with E-state index in [0.29, 0.717) is 0 Å². The van der Waals surface area contributed by atoms with Gasteiger partial charge in [0.25, 0.3) is 5.91 Å². The van der Waals surface area contributed by atoms with Crippen LogP contribution in [0.2, 0.25) is 0 Å². The Morgan fingerprint density at radius 1 is 1.44 bits per heavy atom. The summed E-state index contributed by atoms with van der Waals surface area (Å²) in [5.74, 6) is 0.00491. The number of rotatable bonds is 5. The number of hydrogen-bond acceptors (Lipinski definition) is 1. The number of hydrogen-bond donors (Lipinski definition) is 1. The molecule has 0 spiro atoms. The first-order valence-electron chi connectivity index (χ1n) is 6.06. The van der Waals surface area contributed by atoms with Crippen molar-refractivity contribution in [2.24, 2.45) is 0 Å². The lowest BCUT2D eigenvalue weighted by molar-refractivity contribution is 0.0901. The molecule has 0 aliphatic heterocycles. The molecule has 0 saturated heterocycles. The van der Waals surface area contributed by atoms with Crippen molar-refractivity contribution in [3.63, 3.8) is 0 Å². The number of nitrogens with one attached hydrogen (secondary N) is 1. The number of halogens is 2. The molecule has 18 heavy (non-hydrogen) atoms. The van der Waals surface area contributed by atoms with Gasteiger partial charge in [0.05, 0.1) is 0 Å². The average Bonchev–Trinajstić information content (AvgIpc) is 2.28. The molecule has 2 nitrogen and oxygen atoms in total. The Morgan fingerprint density at radius 3 is 2.61 bits per heavy atom. The minimum Gasteiger partial charge on any atom is -0.347 e. The summed E-state index contributed by atoms with van der Waals surface area (Å²) in [6, 6.07) is 5.72. The third-order valence-electron chi connectivity index (χ3n) is 3.27. The molecule has 1 amide bonds. The van der Waals surface area contributed by atoms with E-state index in [1.165, 1.54) is 0 Å². The van der Waals surface area contributed by atoms with E-state index in [1.807, 2.05) is 25.1 Å². The van der Waals surface area contributed by atoms with E-state index in [2.05, 4.69) is 51.0 Å². The molecule has 0 aliphatic carbocycles. The summed E-state index contributed by atoms with van der Waals surface area (Å²) in [6.45, 7) is 6.13. The molecule has 0 saturated carbocycles. The first-order valence-corrected chi connectivity index (χ1v) is 7.98. The van der Waals surface area contributed by atoms with Crippen LogP contribution >= 0.6 is 31.9 Å². The summed E-state index contributed by atoms with van der Waals surface area (Å²) < 4.78 is 0.996. The van der Waals surface area contributed by atoms with Crippen LogP contribution in [0.5, 0.6) is 0 Å². The molecular formula is C14H19Br2NO. The molecule has 1 unspecified atom stereocenters. The van der Waals surface area contributed by atoms with E-state index in [9.17, 15) is 4.79 Å². The first kappa shape index (κ1) is 15.7. The number of alkyl halides is 1. The second-order valence-electron chi connectivity index (χ2n) is 4.77. The number of carbonyl (C=O) groups is 1. The minimum atomic E-state index is -0.153. The van der Waals surface area contributed by atoms with Crippen LogP contribution in [-0.2, 0) is 0 Å². The van der Waals surface area contributed by atoms with E-state index in [4.69, 9.17) is 0 Å². The van der Waals surface area contributed by atoms with Crippen LogP contribution in [0.4, 0.5) is 0 Å². The second-order valence-corrected chi connectivity index (χ2v) is 6.48. The van der Waals surface area contributed by atoms with Crippen LogP contribution in [-0.4, -0.2) is 16.8 Å². The zero-order chi connectivity index (χ0) is 13.8. The molecule has 0 bridgehead atoms. The van der Waals surface area contributed by atoms with Crippen molar-refractivity contribution in [3.05, 3.63) is 33.8 Å². The molecule has 0 fully saturated rings. The van der Waals surface area contributed by atoms with Crippen LogP contribution in [0.15, 0.2) is 22.7 Å². The van der Waals surface area contributed by atoms with Crippen LogP contribution in [0, 0.1) is 6.92 Å². The minimum absolute atomic E-state index is 0.00491. The van der Waals surface area contributed by atoms with Crippen LogP contribution in [0.1, 0.15) is 42.6 Å². The van der Waals surface area contributed by atoms with Gasteiger partial charge in [0.15, 0.2) is 0 Å². The normalized spacial score (nSPS) is 14.1. The van der Waals surface area contributed by atoms with Gasteiger partial charge in [0.1, 0.15) is 0 Å². The highest BCUT2D eigenvalue weighted by molar-refractivity contribution is 9.10. The Bertz CT molecular complexity index is 434. The maximum Gasteiger partial charge on any atom is 0.251 e. The number of benzene rings is 1. The first-order chi connectivity index (χ1) is 8.41. The molecule has 100 valence electrons. The third-order valence-corrected chi connectivity index (χ3v) is 4.16. The van der Waals surface area contributed by atoms with Crippen molar-refractivity contribution >= 4 is 37.8 Å². The summed E-state index contributed by atoms with van der Waals surface area (Å²) >= 11 is 6.85. The standard InChI is InChI=1S/C14H19Br2NO/c1-4-14(3,7-8-15)17-13(18)12-6-5-11(16)9-10(12)2/h5-6,9H,4,7-8H2,1-3H3,(H,17,18). The smallest absolute Gasteiger partial charge is 0.251 e. The highest BCUT2D eigenvalue weighted by atomic mass is 79.9. The molecule has 4 heteroatoms. The Balaban J connectivity index is 2.87. The quantitative estimate of drug-likeness (QED) is 0.756. The van der Waals surface area contributed by atoms with E-state index in [1.54, 1.807) is 0 Å². The van der Waals surface area contributed by atoms with Gasteiger partial charge in [-0.1, -0.05) is 38.8 Å². The van der Waals surface area contributed by atoms with Crippen LogP contribution in [0.25, 0.3) is 0 Å². The van der Waals surface area contributed by atoms with Crippen molar-refractivity contribution in [3.8, 4) is 0 Å². The molecule has 0 aliphatic rings. The van der Waals surface area contributed by atoms with Crippen molar-refractivity contribution in [2.45, 2.75) is 39.2 Å². The molecule has 0 aromatic heterocycles. The predicted molar refractivity (Wildman–Crippen MR) is 83.5 cm³/mol. The molecule has 1 aromatic rings. The Kier molecular flexibility index (Phi) is 5.86. The van der Waals surface area contributed by atoms with Gasteiger partial charge in [-0.15, -0.1) is 0 Å². The number of aryl methyl sites for hydroxylation is 1. The van der Waals surface area contributed by atoms with E-state index < -0.39 is 0 Å². The molecule has 1 aromatic carbocycles. The third kappa shape index (κ3) is 4.09. The summed E-state index contributed by atoms with van der Waals surface area (Å²) in [4.78, 5) is 12.3. The monoisotopic (exact) mass is 375 g/mol. The topological polar surface area (TPSA) is 29.1 Å². The molecular weight excluding hydrogens is 358 g/mol. The maximum absolute atomic E-state index is 12.3. The lowest BCUT2D eigenvalue weighted by Crippen LogP contribution is -2.46. The zero-order valence-electron chi connectivity index (χ0n) is 11.0. The molecule has 1 atom stereocenters. The SMILES string of the molecule is CCC(C)(CCBr)NC(=O)c1ccc(Br)cc1C. The summed E-state index contributed by atoms with van der Waals surface area (Å²) in [6.07, 6.45) is 1.84. The van der Waals surface area contributed by atoms with Crippen LogP contribution in [0.3, 0.4) is 0 Å². The molecule has 0 heterocycles.